The summed E-state index contributed by atoms with van der Waals surface area (Å²) >= 11 is 0. The molecule has 1 aromatic rings. The number of carbonyl (C=O) groups excluding carboxylic acids is 1. The van der Waals surface area contributed by atoms with Crippen molar-refractivity contribution in [2.45, 2.75) is 19.3 Å². The fourth-order valence-electron chi connectivity index (χ4n) is 1.37. The van der Waals surface area contributed by atoms with E-state index in [4.69, 9.17) is 5.73 Å². The van der Waals surface area contributed by atoms with Crippen molar-refractivity contribution in [2.75, 3.05) is 13.7 Å². The summed E-state index contributed by atoms with van der Waals surface area (Å²) in [6.07, 6.45) is 2.33. The second kappa shape index (κ2) is 8.13. The predicted molar refractivity (Wildman–Crippen MR) is 66.8 cm³/mol. The second-order valence-corrected chi connectivity index (χ2v) is 3.46. The maximum absolute atomic E-state index is 11.0. The van der Waals surface area contributed by atoms with Crippen LogP contribution in [0, 0.1) is 0 Å². The average molecular weight is 244 g/mol. The topological polar surface area (TPSA) is 52.3 Å². The number of hydrogen-bond acceptors (Lipinski definition) is 3. The van der Waals surface area contributed by atoms with E-state index < -0.39 is 0 Å². The van der Waals surface area contributed by atoms with Crippen LogP contribution in [0.15, 0.2) is 24.3 Å². The second-order valence-electron chi connectivity index (χ2n) is 3.46. The van der Waals surface area contributed by atoms with Gasteiger partial charge in [0.05, 0.1) is 13.5 Å². The molecule has 2 N–H and O–H groups in total. The molecule has 1 rings (SSSR count). The molecule has 0 spiro atoms. The molecule has 3 nitrogen and oxygen atoms in total. The Morgan fingerprint density at radius 2 is 1.81 bits per heavy atom. The minimum Gasteiger partial charge on any atom is -0.469 e. The maximum atomic E-state index is 11.0. The minimum atomic E-state index is -0.204. The summed E-state index contributed by atoms with van der Waals surface area (Å²) in [5.41, 5.74) is 7.67. The molecule has 16 heavy (non-hydrogen) atoms. The van der Waals surface area contributed by atoms with Gasteiger partial charge >= 0.3 is 5.97 Å². The third-order valence-electron chi connectivity index (χ3n) is 2.27. The molecule has 0 fully saturated rings. The molecule has 0 atom stereocenters. The Morgan fingerprint density at radius 1 is 1.25 bits per heavy atom. The Labute approximate surface area is 102 Å². The van der Waals surface area contributed by atoms with Gasteiger partial charge in [0.25, 0.3) is 0 Å². The van der Waals surface area contributed by atoms with Crippen LogP contribution in [0.3, 0.4) is 0 Å². The molecular formula is C12H18ClNO2. The lowest BCUT2D eigenvalue weighted by molar-refractivity contribution is -0.139. The van der Waals surface area contributed by atoms with Crippen LogP contribution in [0.2, 0.25) is 0 Å². The molecular weight excluding hydrogens is 226 g/mol. The van der Waals surface area contributed by atoms with E-state index in [1.54, 1.807) is 0 Å². The third-order valence-corrected chi connectivity index (χ3v) is 2.27. The highest BCUT2D eigenvalue weighted by Crippen LogP contribution is 2.07. The number of esters is 1. The molecule has 0 radical (unpaired) electrons. The van der Waals surface area contributed by atoms with Gasteiger partial charge in [-0.1, -0.05) is 24.3 Å². The highest BCUT2D eigenvalue weighted by atomic mass is 35.5. The minimum absolute atomic E-state index is 0. The molecule has 0 aliphatic rings. The largest absolute Gasteiger partial charge is 0.469 e. The Balaban J connectivity index is 0.00000225. The number of methoxy groups -OCH3 is 1. The van der Waals surface area contributed by atoms with Gasteiger partial charge in [-0.05, 0) is 30.5 Å². The fraction of sp³-hybridized carbons (Fsp3) is 0.417. The van der Waals surface area contributed by atoms with E-state index in [1.165, 1.54) is 12.7 Å². The number of benzene rings is 1. The first kappa shape index (κ1) is 14.9. The fourth-order valence-corrected chi connectivity index (χ4v) is 1.37. The summed E-state index contributed by atoms with van der Waals surface area (Å²) < 4.78 is 4.59. The van der Waals surface area contributed by atoms with Gasteiger partial charge in [0, 0.05) is 0 Å². The molecule has 0 aliphatic carbocycles. The van der Waals surface area contributed by atoms with Crippen molar-refractivity contribution in [3.05, 3.63) is 35.4 Å². The molecule has 0 saturated heterocycles. The summed E-state index contributed by atoms with van der Waals surface area (Å²) in [4.78, 5) is 11.0. The third kappa shape index (κ3) is 5.14. The van der Waals surface area contributed by atoms with Gasteiger partial charge in [0.1, 0.15) is 0 Å². The number of hydrogen-bond donors (Lipinski definition) is 1. The molecule has 0 bridgehead atoms. The first-order valence-corrected chi connectivity index (χ1v) is 5.11. The number of carbonyl (C=O) groups is 1. The van der Waals surface area contributed by atoms with Crippen molar-refractivity contribution in [3.63, 3.8) is 0 Å². The van der Waals surface area contributed by atoms with E-state index in [0.717, 1.165) is 18.4 Å². The summed E-state index contributed by atoms with van der Waals surface area (Å²) in [6.45, 7) is 0.712. The predicted octanol–water partition coefficient (Wildman–Crippen LogP) is 1.72. The van der Waals surface area contributed by atoms with Crippen molar-refractivity contribution in [2.24, 2.45) is 5.73 Å². The Kier molecular flexibility index (Phi) is 7.60. The summed E-state index contributed by atoms with van der Waals surface area (Å²) in [6, 6.07) is 7.99. The number of ether oxygens (including phenoxy) is 1. The molecule has 0 heterocycles. The monoisotopic (exact) mass is 243 g/mol. The molecule has 0 amide bonds. The van der Waals surface area contributed by atoms with Crippen LogP contribution >= 0.6 is 12.4 Å². The van der Waals surface area contributed by atoms with Gasteiger partial charge in [-0.15, -0.1) is 12.4 Å². The maximum Gasteiger partial charge on any atom is 0.309 e. The van der Waals surface area contributed by atoms with Gasteiger partial charge < -0.3 is 10.5 Å². The lowest BCUT2D eigenvalue weighted by atomic mass is 10.1. The molecule has 1 aromatic carbocycles. The number of aryl methyl sites for hydroxylation is 1. The van der Waals surface area contributed by atoms with Crippen LogP contribution in [0.25, 0.3) is 0 Å². The van der Waals surface area contributed by atoms with Crippen LogP contribution < -0.4 is 5.73 Å². The van der Waals surface area contributed by atoms with Crippen LogP contribution in [0.5, 0.6) is 0 Å². The Hall–Kier alpha value is -1.06. The highest BCUT2D eigenvalue weighted by molar-refractivity contribution is 5.85. The van der Waals surface area contributed by atoms with Crippen LogP contribution in [-0.4, -0.2) is 19.6 Å². The van der Waals surface area contributed by atoms with Gasteiger partial charge in [-0.25, -0.2) is 0 Å². The lowest BCUT2D eigenvalue weighted by Crippen LogP contribution is -2.04. The molecule has 0 aromatic heterocycles. The van der Waals surface area contributed by atoms with E-state index in [-0.39, 0.29) is 18.4 Å². The zero-order chi connectivity index (χ0) is 11.1. The highest BCUT2D eigenvalue weighted by Gasteiger charge is 2.02. The van der Waals surface area contributed by atoms with Gasteiger partial charge in [0.2, 0.25) is 0 Å². The first-order chi connectivity index (χ1) is 7.26. The van der Waals surface area contributed by atoms with E-state index in [9.17, 15) is 4.79 Å². The van der Waals surface area contributed by atoms with Crippen molar-refractivity contribution in [1.82, 2.24) is 0 Å². The van der Waals surface area contributed by atoms with Crippen molar-refractivity contribution < 1.29 is 9.53 Å². The SMILES string of the molecule is COC(=O)Cc1ccc(CCCN)cc1.Cl. The number of halogens is 1. The van der Waals surface area contributed by atoms with Crippen molar-refractivity contribution in [1.29, 1.82) is 0 Å². The van der Waals surface area contributed by atoms with E-state index in [1.807, 2.05) is 24.3 Å². The average Bonchev–Trinajstić information content (AvgIpc) is 2.28. The van der Waals surface area contributed by atoms with Crippen LogP contribution in [-0.2, 0) is 22.4 Å². The Bertz CT molecular complexity index is 311. The molecule has 0 saturated carbocycles. The van der Waals surface area contributed by atoms with Crippen LogP contribution in [0.1, 0.15) is 17.5 Å². The summed E-state index contributed by atoms with van der Waals surface area (Å²) in [7, 11) is 1.40. The standard InChI is InChI=1S/C12H17NO2.ClH/c1-15-12(14)9-11-6-4-10(5-7-11)3-2-8-13;/h4-7H,2-3,8-9,13H2,1H3;1H. The molecule has 0 aliphatic heterocycles. The van der Waals surface area contributed by atoms with Gasteiger partial charge in [-0.2, -0.15) is 0 Å². The Morgan fingerprint density at radius 3 is 2.31 bits per heavy atom. The zero-order valence-corrected chi connectivity index (χ0v) is 10.3. The quantitative estimate of drug-likeness (QED) is 0.802. The van der Waals surface area contributed by atoms with Gasteiger partial charge in [-0.3, -0.25) is 4.79 Å². The molecule has 0 unspecified atom stereocenters. The summed E-state index contributed by atoms with van der Waals surface area (Å²) in [5.74, 6) is -0.204. The molecule has 90 valence electrons. The number of rotatable bonds is 5. The smallest absolute Gasteiger partial charge is 0.309 e. The van der Waals surface area contributed by atoms with E-state index in [0.29, 0.717) is 13.0 Å². The molecule has 4 heteroatoms. The number of nitrogens with two attached hydrogens (primary N) is 1. The van der Waals surface area contributed by atoms with Crippen molar-refractivity contribution >= 4 is 18.4 Å². The first-order valence-electron chi connectivity index (χ1n) is 5.11. The zero-order valence-electron chi connectivity index (χ0n) is 9.44. The summed E-state index contributed by atoms with van der Waals surface area (Å²) in [5, 5.41) is 0. The van der Waals surface area contributed by atoms with Gasteiger partial charge in [0.15, 0.2) is 0 Å². The van der Waals surface area contributed by atoms with Crippen molar-refractivity contribution in [3.8, 4) is 0 Å². The van der Waals surface area contributed by atoms with E-state index >= 15 is 0 Å². The van der Waals surface area contributed by atoms with E-state index in [2.05, 4.69) is 4.74 Å². The van der Waals surface area contributed by atoms with Crippen LogP contribution in [0.4, 0.5) is 0 Å². The normalized spacial score (nSPS) is 9.38. The lowest BCUT2D eigenvalue weighted by Gasteiger charge is -2.02.